The molecule has 1 aromatic carbocycles. The van der Waals surface area contributed by atoms with Crippen LogP contribution in [0.5, 0.6) is 0 Å². The molecule has 3 heterocycles. The largest absolute Gasteiger partial charge is 0.444 e. The van der Waals surface area contributed by atoms with E-state index in [1.54, 1.807) is 48.7 Å². The number of hydrogen-bond acceptors (Lipinski definition) is 6. The number of pyridine rings is 1. The summed E-state index contributed by atoms with van der Waals surface area (Å²) in [6.07, 6.45) is 1.15. The van der Waals surface area contributed by atoms with Gasteiger partial charge in [0, 0.05) is 37.0 Å². The molecule has 152 valence electrons. The van der Waals surface area contributed by atoms with Crippen molar-refractivity contribution in [3.05, 3.63) is 44.9 Å². The first kappa shape index (κ1) is 18.9. The molecule has 0 aliphatic carbocycles. The molecular weight excluding hydrogens is 378 g/mol. The highest BCUT2D eigenvalue weighted by Crippen LogP contribution is 2.31. The van der Waals surface area contributed by atoms with Crippen LogP contribution in [0.2, 0.25) is 0 Å². The average molecular weight is 399 g/mol. The van der Waals surface area contributed by atoms with E-state index >= 15 is 0 Å². The quantitative estimate of drug-likeness (QED) is 0.483. The van der Waals surface area contributed by atoms with Gasteiger partial charge >= 0.3 is 6.09 Å². The predicted octanol–water partition coefficient (Wildman–Crippen LogP) is 2.59. The highest BCUT2D eigenvalue weighted by Gasteiger charge is 2.36. The van der Waals surface area contributed by atoms with Gasteiger partial charge in [-0.05, 0) is 20.8 Å². The fraction of sp³-hybridized carbons (Fsp3) is 0.421. The van der Waals surface area contributed by atoms with E-state index < -0.39 is 16.6 Å². The minimum absolute atomic E-state index is 0.128. The van der Waals surface area contributed by atoms with Gasteiger partial charge in [0.25, 0.3) is 11.2 Å². The molecule has 29 heavy (non-hydrogen) atoms. The summed E-state index contributed by atoms with van der Waals surface area (Å²) in [4.78, 5) is 37.6. The third-order valence-corrected chi connectivity index (χ3v) is 5.00. The van der Waals surface area contributed by atoms with Crippen LogP contribution in [0.4, 0.5) is 10.5 Å². The third-order valence-electron chi connectivity index (χ3n) is 5.00. The molecule has 1 aliphatic heterocycles. The predicted molar refractivity (Wildman–Crippen MR) is 106 cm³/mol. The van der Waals surface area contributed by atoms with Crippen LogP contribution < -0.4 is 5.56 Å². The van der Waals surface area contributed by atoms with Gasteiger partial charge in [-0.15, -0.1) is 0 Å². The standard InChI is InChI=1S/C19H21N5O5/c1-19(2,3)29-18(26)22-9-11(10-22)23-16-13(8-20-23)12-6-5-7-14(24(27)28)15(12)21(4)17(16)25/h5-8,11H,9-10H2,1-4H3. The molecule has 0 bridgehead atoms. The minimum Gasteiger partial charge on any atom is -0.444 e. The number of hydrogen-bond donors (Lipinski definition) is 0. The lowest BCUT2D eigenvalue weighted by Gasteiger charge is -2.39. The first-order valence-corrected chi connectivity index (χ1v) is 9.19. The Labute approximate surface area is 165 Å². The second kappa shape index (κ2) is 6.29. The summed E-state index contributed by atoms with van der Waals surface area (Å²) < 4.78 is 8.26. The number of rotatable bonds is 2. The zero-order chi connectivity index (χ0) is 21.1. The van der Waals surface area contributed by atoms with Crippen molar-refractivity contribution < 1.29 is 14.5 Å². The Morgan fingerprint density at radius 1 is 1.24 bits per heavy atom. The Morgan fingerprint density at radius 3 is 2.55 bits per heavy atom. The summed E-state index contributed by atoms with van der Waals surface area (Å²) in [5, 5.41) is 16.9. The van der Waals surface area contributed by atoms with Crippen LogP contribution in [0.15, 0.2) is 29.2 Å². The molecule has 1 aliphatic rings. The molecule has 2 aromatic heterocycles. The Morgan fingerprint density at radius 2 is 1.93 bits per heavy atom. The van der Waals surface area contributed by atoms with E-state index in [-0.39, 0.29) is 22.8 Å². The maximum absolute atomic E-state index is 13.0. The molecule has 1 amide bonds. The van der Waals surface area contributed by atoms with E-state index in [1.807, 2.05) is 0 Å². The van der Waals surface area contributed by atoms with E-state index in [9.17, 15) is 19.7 Å². The number of nitro groups is 1. The van der Waals surface area contributed by atoms with Crippen molar-refractivity contribution >= 4 is 33.6 Å². The van der Waals surface area contributed by atoms with Gasteiger partial charge in [0.15, 0.2) is 0 Å². The van der Waals surface area contributed by atoms with Crippen molar-refractivity contribution in [1.29, 1.82) is 0 Å². The highest BCUT2D eigenvalue weighted by atomic mass is 16.6. The maximum Gasteiger partial charge on any atom is 0.410 e. The molecule has 0 unspecified atom stereocenters. The number of fused-ring (bicyclic) bond motifs is 3. The number of aromatic nitrogens is 3. The van der Waals surface area contributed by atoms with E-state index in [4.69, 9.17) is 4.74 Å². The number of nitro benzene ring substituents is 1. The number of amides is 1. The van der Waals surface area contributed by atoms with Gasteiger partial charge < -0.3 is 14.2 Å². The van der Waals surface area contributed by atoms with Crippen LogP contribution in [-0.4, -0.2) is 49.0 Å². The number of carbonyl (C=O) groups excluding carboxylic acids is 1. The molecule has 0 saturated carbocycles. The fourth-order valence-electron chi connectivity index (χ4n) is 3.64. The van der Waals surface area contributed by atoms with Crippen LogP contribution in [0, 0.1) is 10.1 Å². The van der Waals surface area contributed by atoms with Gasteiger partial charge in [0.05, 0.1) is 17.2 Å². The number of aryl methyl sites for hydroxylation is 1. The molecule has 10 heteroatoms. The molecule has 10 nitrogen and oxygen atoms in total. The summed E-state index contributed by atoms with van der Waals surface area (Å²) in [7, 11) is 1.52. The Balaban J connectivity index is 1.74. The summed E-state index contributed by atoms with van der Waals surface area (Å²) >= 11 is 0. The maximum atomic E-state index is 13.0. The molecule has 0 N–H and O–H groups in total. The Hall–Kier alpha value is -3.43. The first-order chi connectivity index (χ1) is 13.6. The van der Waals surface area contributed by atoms with Crippen LogP contribution in [-0.2, 0) is 11.8 Å². The summed E-state index contributed by atoms with van der Waals surface area (Å²) in [6.45, 7) is 6.16. The van der Waals surface area contributed by atoms with Crippen LogP contribution in [0.1, 0.15) is 26.8 Å². The van der Waals surface area contributed by atoms with E-state index in [1.165, 1.54) is 17.7 Å². The molecule has 0 radical (unpaired) electrons. The van der Waals surface area contributed by atoms with Gasteiger partial charge in [0.1, 0.15) is 16.6 Å². The number of carbonyl (C=O) groups is 1. The average Bonchev–Trinajstić information content (AvgIpc) is 3.01. The van der Waals surface area contributed by atoms with Crippen LogP contribution in [0.3, 0.4) is 0 Å². The van der Waals surface area contributed by atoms with Gasteiger partial charge in [-0.1, -0.05) is 12.1 Å². The van der Waals surface area contributed by atoms with Crippen molar-refractivity contribution in [2.24, 2.45) is 7.05 Å². The van der Waals surface area contributed by atoms with E-state index in [0.717, 1.165) is 0 Å². The first-order valence-electron chi connectivity index (χ1n) is 9.19. The van der Waals surface area contributed by atoms with Crippen molar-refractivity contribution in [3.63, 3.8) is 0 Å². The second-order valence-electron chi connectivity index (χ2n) is 8.19. The topological polar surface area (TPSA) is 112 Å². The molecule has 3 aromatic rings. The summed E-state index contributed by atoms with van der Waals surface area (Å²) in [6, 6.07) is 4.55. The zero-order valence-electron chi connectivity index (χ0n) is 16.6. The lowest BCUT2D eigenvalue weighted by Crippen LogP contribution is -2.52. The van der Waals surface area contributed by atoms with Gasteiger partial charge in [-0.25, -0.2) is 4.79 Å². The molecule has 1 saturated heterocycles. The van der Waals surface area contributed by atoms with E-state index in [2.05, 4.69) is 5.10 Å². The molecule has 0 atom stereocenters. The van der Waals surface area contributed by atoms with Crippen LogP contribution >= 0.6 is 0 Å². The number of benzene rings is 1. The second-order valence-corrected chi connectivity index (χ2v) is 8.19. The Bertz CT molecular complexity index is 1210. The van der Waals surface area contributed by atoms with E-state index in [0.29, 0.717) is 29.4 Å². The van der Waals surface area contributed by atoms with Crippen LogP contribution in [0.25, 0.3) is 21.8 Å². The number of nitrogens with zero attached hydrogens (tertiary/aromatic N) is 5. The smallest absolute Gasteiger partial charge is 0.410 e. The summed E-state index contributed by atoms with van der Waals surface area (Å²) in [5.74, 6) is 0. The van der Waals surface area contributed by atoms with Crippen molar-refractivity contribution in [3.8, 4) is 0 Å². The Kier molecular flexibility index (Phi) is 4.10. The lowest BCUT2D eigenvalue weighted by molar-refractivity contribution is -0.383. The number of para-hydroxylation sites is 1. The fourth-order valence-corrected chi connectivity index (χ4v) is 3.64. The normalized spacial score (nSPS) is 15.0. The minimum atomic E-state index is -0.579. The van der Waals surface area contributed by atoms with Gasteiger partial charge in [-0.2, -0.15) is 5.10 Å². The number of non-ortho nitro benzene ring substituents is 1. The summed E-state index contributed by atoms with van der Waals surface area (Å²) in [5.41, 5.74) is -0.441. The molecular formula is C19H21N5O5. The zero-order valence-corrected chi connectivity index (χ0v) is 16.6. The van der Waals surface area contributed by atoms with Gasteiger partial charge in [-0.3, -0.25) is 19.6 Å². The van der Waals surface area contributed by atoms with Gasteiger partial charge in [0.2, 0.25) is 0 Å². The monoisotopic (exact) mass is 399 g/mol. The number of ether oxygens (including phenoxy) is 1. The highest BCUT2D eigenvalue weighted by molar-refractivity contribution is 6.07. The molecule has 0 spiro atoms. The lowest BCUT2D eigenvalue weighted by atomic mass is 10.1. The van der Waals surface area contributed by atoms with Crippen molar-refractivity contribution in [2.45, 2.75) is 32.4 Å². The number of likely N-dealkylation sites (tertiary alicyclic amines) is 1. The SMILES string of the molecule is Cn1c(=O)c2c(cnn2C2CN(C(=O)OC(C)(C)C)C2)c2cccc([N+](=O)[O-])c21. The third kappa shape index (κ3) is 3.00. The molecule has 4 rings (SSSR count). The van der Waals surface area contributed by atoms with Crippen molar-refractivity contribution in [2.75, 3.05) is 13.1 Å². The van der Waals surface area contributed by atoms with Crippen molar-refractivity contribution in [1.82, 2.24) is 19.2 Å². The molecule has 1 fully saturated rings.